The Hall–Kier alpha value is 0.890. The van der Waals surface area contributed by atoms with Crippen LogP contribution >= 0.6 is 31.8 Å². The number of unbranched alkanes of at least 4 members (excludes halogenated alkanes) is 13. The van der Waals surface area contributed by atoms with Gasteiger partial charge in [0, 0.05) is 0 Å². The Bertz CT molecular complexity index is 293. The molecule has 3 nitrogen and oxygen atoms in total. The minimum absolute atomic E-state index is 0.181. The molecule has 0 aromatic carbocycles. The maximum Gasteiger partial charge on any atom is 0.335 e. The van der Waals surface area contributed by atoms with Crippen LogP contribution in [-0.2, 0) is 13.6 Å². The molecule has 0 bridgehead atoms. The van der Waals surface area contributed by atoms with Gasteiger partial charge in [-0.2, -0.15) is 0 Å². The molecule has 0 amide bonds. The fourth-order valence-electron chi connectivity index (χ4n) is 2.79. The Morgan fingerprint density at radius 1 is 0.792 bits per heavy atom. The summed E-state index contributed by atoms with van der Waals surface area (Å²) < 4.78 is 14.7. The summed E-state index contributed by atoms with van der Waals surface area (Å²) in [6.45, 7) is 3.12. The Labute approximate surface area is 160 Å². The van der Waals surface area contributed by atoms with Crippen molar-refractivity contribution >= 4 is 31.8 Å². The highest BCUT2D eigenvalue weighted by Crippen LogP contribution is 2.53. The van der Waals surface area contributed by atoms with Gasteiger partial charge in [0.25, 0.3) is 0 Å². The van der Waals surface area contributed by atoms with Crippen LogP contribution in [-0.4, -0.2) is 17.7 Å². The molecule has 1 atom stereocenters. The van der Waals surface area contributed by atoms with Gasteiger partial charge in [-0.3, -0.25) is 4.52 Å². The van der Waals surface area contributed by atoms with Gasteiger partial charge in [0.05, 0.1) is 6.61 Å². The highest BCUT2D eigenvalue weighted by molar-refractivity contribution is 7.42. The van der Waals surface area contributed by atoms with Crippen molar-refractivity contribution in [2.45, 2.75) is 101 Å². The predicted octanol–water partition coefficient (Wildman–Crippen LogP) is 7.89. The van der Waals surface area contributed by atoms with E-state index in [4.69, 9.17) is 36.8 Å². The lowest BCUT2D eigenvalue weighted by molar-refractivity contribution is 0.230. The zero-order valence-electron chi connectivity index (χ0n) is 15.2. The van der Waals surface area contributed by atoms with Gasteiger partial charge in [0.2, 0.25) is 4.52 Å². The molecule has 0 radical (unpaired) electrons. The van der Waals surface area contributed by atoms with Crippen molar-refractivity contribution < 1.29 is 13.6 Å². The molecule has 1 saturated heterocycles. The maximum atomic E-state index is 5.79. The van der Waals surface area contributed by atoms with E-state index in [0.717, 1.165) is 6.42 Å². The third kappa shape index (κ3) is 13.1. The predicted molar refractivity (Wildman–Crippen MR) is 105 cm³/mol. The third-order valence-electron chi connectivity index (χ3n) is 4.24. The maximum absolute atomic E-state index is 5.79. The van der Waals surface area contributed by atoms with Crippen molar-refractivity contribution in [3.63, 3.8) is 0 Å². The van der Waals surface area contributed by atoms with Crippen LogP contribution in [0.2, 0.25) is 0 Å². The van der Waals surface area contributed by atoms with E-state index in [1.807, 2.05) is 0 Å². The van der Waals surface area contributed by atoms with Crippen molar-refractivity contribution in [1.82, 2.24) is 0 Å². The van der Waals surface area contributed by atoms with Crippen molar-refractivity contribution in [2.75, 3.05) is 13.2 Å². The summed E-state index contributed by atoms with van der Waals surface area (Å²) in [6.07, 6.45) is 19.0. The fourth-order valence-corrected chi connectivity index (χ4v) is 4.40. The highest BCUT2D eigenvalue weighted by atomic mass is 35.5. The van der Waals surface area contributed by atoms with E-state index in [-0.39, 0.29) is 6.61 Å². The van der Waals surface area contributed by atoms with Gasteiger partial charge in [0.1, 0.15) is 6.61 Å². The second-order valence-corrected chi connectivity index (χ2v) is 9.22. The van der Waals surface area contributed by atoms with Crippen LogP contribution in [0.25, 0.3) is 0 Å². The summed E-state index contributed by atoms with van der Waals surface area (Å²) in [5, 5.41) is 0. The largest absolute Gasteiger partial charge is 0.335 e. The summed E-state index contributed by atoms with van der Waals surface area (Å²) in [5.74, 6) is 0. The molecule has 1 aliphatic rings. The van der Waals surface area contributed by atoms with Crippen molar-refractivity contribution in [2.24, 2.45) is 0 Å². The molecule has 1 heterocycles. The summed E-state index contributed by atoms with van der Waals surface area (Å²) >= 11 is 11.6. The minimum Gasteiger partial charge on any atom is -0.312 e. The van der Waals surface area contributed by atoms with E-state index < -0.39 is 13.1 Å². The van der Waals surface area contributed by atoms with Crippen LogP contribution in [0, 0.1) is 0 Å². The zero-order chi connectivity index (χ0) is 17.5. The lowest BCUT2D eigenvalue weighted by Gasteiger charge is -2.10. The van der Waals surface area contributed by atoms with Crippen LogP contribution in [0.4, 0.5) is 0 Å². The summed E-state index contributed by atoms with van der Waals surface area (Å²) in [4.78, 5) is 0. The van der Waals surface area contributed by atoms with E-state index in [9.17, 15) is 0 Å². The molecule has 0 spiro atoms. The molecule has 1 unspecified atom stereocenters. The Balaban J connectivity index is 1.71. The van der Waals surface area contributed by atoms with Crippen LogP contribution < -0.4 is 0 Å². The zero-order valence-corrected chi connectivity index (χ0v) is 17.6. The van der Waals surface area contributed by atoms with Crippen molar-refractivity contribution in [3.05, 3.63) is 0 Å². The van der Waals surface area contributed by atoms with Crippen molar-refractivity contribution in [3.8, 4) is 0 Å². The van der Waals surface area contributed by atoms with Crippen LogP contribution in [0.15, 0.2) is 0 Å². The Morgan fingerprint density at radius 3 is 1.67 bits per heavy atom. The van der Waals surface area contributed by atoms with E-state index in [1.165, 1.54) is 83.5 Å². The van der Waals surface area contributed by atoms with Gasteiger partial charge in [0.15, 0.2) is 0 Å². The molecule has 0 aromatic heterocycles. The van der Waals surface area contributed by atoms with Gasteiger partial charge in [-0.15, -0.1) is 0 Å². The lowest BCUT2D eigenvalue weighted by atomic mass is 10.0. The average molecular weight is 401 g/mol. The second-order valence-electron chi connectivity index (χ2n) is 6.66. The first-order valence-corrected chi connectivity index (χ1v) is 11.6. The molecular formula is C18H35Cl2O3P. The molecule has 1 aliphatic heterocycles. The summed E-state index contributed by atoms with van der Waals surface area (Å²) in [6, 6.07) is 0. The molecule has 0 saturated carbocycles. The average Bonchev–Trinajstić information content (AvgIpc) is 2.90. The van der Waals surface area contributed by atoms with E-state index >= 15 is 0 Å². The van der Waals surface area contributed by atoms with Crippen molar-refractivity contribution in [1.29, 1.82) is 0 Å². The van der Waals surface area contributed by atoms with E-state index in [1.54, 1.807) is 0 Å². The van der Waals surface area contributed by atoms with Gasteiger partial charge >= 0.3 is 8.60 Å². The standard InChI is InChI=1S/C18H35Cl2O3P/c1-2-3-4-5-6-7-8-9-10-11-12-13-14-15-16-21-24-22-17-18(19,20)23-24/h2-17H2,1H3. The number of hydrogen-bond donors (Lipinski definition) is 0. The van der Waals surface area contributed by atoms with Gasteiger partial charge < -0.3 is 9.05 Å². The summed E-state index contributed by atoms with van der Waals surface area (Å²) in [5.41, 5.74) is 0. The molecular weight excluding hydrogens is 366 g/mol. The van der Waals surface area contributed by atoms with E-state index in [2.05, 4.69) is 6.92 Å². The quantitative estimate of drug-likeness (QED) is 0.149. The molecule has 0 N–H and O–H groups in total. The van der Waals surface area contributed by atoms with Crippen LogP contribution in [0.1, 0.15) is 96.8 Å². The molecule has 0 aliphatic carbocycles. The molecule has 1 fully saturated rings. The first-order valence-electron chi connectivity index (χ1n) is 9.77. The minimum atomic E-state index is -1.34. The molecule has 6 heteroatoms. The number of alkyl halides is 2. The smallest absolute Gasteiger partial charge is 0.312 e. The first-order chi connectivity index (χ1) is 11.6. The monoisotopic (exact) mass is 400 g/mol. The Morgan fingerprint density at radius 2 is 1.25 bits per heavy atom. The summed E-state index contributed by atoms with van der Waals surface area (Å²) in [7, 11) is -1.34. The van der Waals surface area contributed by atoms with Gasteiger partial charge in [-0.1, -0.05) is 114 Å². The topological polar surface area (TPSA) is 27.7 Å². The normalized spacial score (nSPS) is 19.9. The van der Waals surface area contributed by atoms with Crippen LogP contribution in [0.5, 0.6) is 0 Å². The number of rotatable bonds is 16. The second kappa shape index (κ2) is 15.0. The van der Waals surface area contributed by atoms with Crippen LogP contribution in [0.3, 0.4) is 0 Å². The first kappa shape index (κ1) is 22.9. The molecule has 24 heavy (non-hydrogen) atoms. The third-order valence-corrected chi connectivity index (χ3v) is 6.02. The molecule has 0 aromatic rings. The SMILES string of the molecule is CCCCCCCCCCCCCCCCOP1OCC(Cl)(Cl)O1. The van der Waals surface area contributed by atoms with Gasteiger partial charge in [-0.25, -0.2) is 0 Å². The number of halogens is 2. The Kier molecular flexibility index (Phi) is 14.3. The molecule has 144 valence electrons. The number of hydrogen-bond acceptors (Lipinski definition) is 3. The fraction of sp³-hybridized carbons (Fsp3) is 1.00. The van der Waals surface area contributed by atoms with Gasteiger partial charge in [-0.05, 0) is 6.42 Å². The highest BCUT2D eigenvalue weighted by Gasteiger charge is 2.39. The lowest BCUT2D eigenvalue weighted by Crippen LogP contribution is -2.12. The molecule has 1 rings (SSSR count). The van der Waals surface area contributed by atoms with E-state index in [0.29, 0.717) is 6.61 Å².